The molecule has 0 amide bonds. The zero-order chi connectivity index (χ0) is 22.7. The van der Waals surface area contributed by atoms with Crippen molar-refractivity contribution in [2.24, 2.45) is 0 Å². The molecule has 0 aliphatic heterocycles. The predicted molar refractivity (Wildman–Crippen MR) is 125 cm³/mol. The average Bonchev–Trinajstić information content (AvgIpc) is 2.68. The third-order valence-electron chi connectivity index (χ3n) is 6.82. The molecule has 30 heavy (non-hydrogen) atoms. The maximum Gasteiger partial charge on any atom is 0.339 e. The summed E-state index contributed by atoms with van der Waals surface area (Å²) in [4.78, 5) is 24.5. The van der Waals surface area contributed by atoms with Crippen LogP contribution < -0.4 is 4.43 Å². The maximum absolute atomic E-state index is 12.8. The van der Waals surface area contributed by atoms with Crippen LogP contribution in [0.2, 0.25) is 16.6 Å². The van der Waals surface area contributed by atoms with Crippen molar-refractivity contribution < 1.29 is 18.8 Å². The molecule has 1 aromatic carbocycles. The Hall–Kier alpha value is -1.88. The zero-order valence-electron chi connectivity index (χ0n) is 19.9. The molecule has 1 atom stereocenters. The van der Waals surface area contributed by atoms with Crippen molar-refractivity contribution in [3.8, 4) is 5.75 Å². The Morgan fingerprint density at radius 3 is 1.93 bits per heavy atom. The number of allylic oxidation sites excluding steroid dienone is 1. The first-order chi connectivity index (χ1) is 14.0. The van der Waals surface area contributed by atoms with Crippen LogP contribution in [0.15, 0.2) is 35.4 Å². The van der Waals surface area contributed by atoms with Crippen LogP contribution in [0.25, 0.3) is 0 Å². The van der Waals surface area contributed by atoms with Crippen molar-refractivity contribution in [1.29, 1.82) is 0 Å². The van der Waals surface area contributed by atoms with Gasteiger partial charge in [-0.3, -0.25) is 4.79 Å². The molecule has 0 N–H and O–H groups in total. The summed E-state index contributed by atoms with van der Waals surface area (Å²) in [6.07, 6.45) is 2.58. The highest BCUT2D eigenvalue weighted by Crippen LogP contribution is 2.42. The topological polar surface area (TPSA) is 52.6 Å². The van der Waals surface area contributed by atoms with E-state index in [1.165, 1.54) is 5.57 Å². The van der Waals surface area contributed by atoms with Gasteiger partial charge in [0.1, 0.15) is 5.75 Å². The lowest BCUT2D eigenvalue weighted by atomic mass is 9.82. The van der Waals surface area contributed by atoms with Crippen molar-refractivity contribution >= 4 is 20.6 Å². The molecule has 0 bridgehead atoms. The highest BCUT2D eigenvalue weighted by Gasteiger charge is 2.47. The number of aldehydes is 1. The second kappa shape index (κ2) is 9.50. The first kappa shape index (κ1) is 24.4. The van der Waals surface area contributed by atoms with E-state index in [4.69, 9.17) is 9.16 Å². The number of rotatable bonds is 8. The number of hydrogen-bond acceptors (Lipinski definition) is 4. The molecule has 0 saturated carbocycles. The fourth-order valence-electron chi connectivity index (χ4n) is 4.97. The van der Waals surface area contributed by atoms with E-state index in [0.717, 1.165) is 24.0 Å². The van der Waals surface area contributed by atoms with Gasteiger partial charge < -0.3 is 9.16 Å². The number of esters is 1. The maximum atomic E-state index is 12.8. The smallest absolute Gasteiger partial charge is 0.339 e. The molecule has 166 valence electrons. The molecule has 0 radical (unpaired) electrons. The van der Waals surface area contributed by atoms with Gasteiger partial charge in [0.05, 0.1) is 5.56 Å². The van der Waals surface area contributed by atoms with Crippen LogP contribution in [-0.2, 0) is 9.53 Å². The van der Waals surface area contributed by atoms with E-state index in [0.29, 0.717) is 35.0 Å². The van der Waals surface area contributed by atoms with E-state index in [2.05, 4.69) is 48.5 Å². The predicted octanol–water partition coefficient (Wildman–Crippen LogP) is 6.86. The lowest BCUT2D eigenvalue weighted by molar-refractivity contribution is -0.126. The number of ether oxygens (including phenoxy) is 1. The van der Waals surface area contributed by atoms with Gasteiger partial charge >= 0.3 is 5.97 Å². The summed E-state index contributed by atoms with van der Waals surface area (Å²) in [5, 5.41) is 0. The molecule has 0 fully saturated rings. The third kappa shape index (κ3) is 4.88. The molecular weight excluding hydrogens is 392 g/mol. The lowest BCUT2D eigenvalue weighted by Gasteiger charge is -2.42. The summed E-state index contributed by atoms with van der Waals surface area (Å²) in [6.45, 7) is 17.6. The molecule has 5 heteroatoms. The van der Waals surface area contributed by atoms with Crippen LogP contribution in [0.1, 0.15) is 85.0 Å². The Balaban J connectivity index is 2.19. The Kier molecular flexibility index (Phi) is 7.73. The normalized spacial score (nSPS) is 20.1. The molecule has 1 aliphatic carbocycles. The minimum absolute atomic E-state index is 0.443. The second-order valence-corrected chi connectivity index (χ2v) is 15.1. The first-order valence-electron chi connectivity index (χ1n) is 11.1. The molecular formula is C25H38O4Si. The fraction of sp³-hybridized carbons (Fsp3) is 0.600. The quantitative estimate of drug-likeness (QED) is 0.196. The second-order valence-electron chi connectivity index (χ2n) is 9.75. The van der Waals surface area contributed by atoms with Crippen LogP contribution in [0.4, 0.5) is 0 Å². The van der Waals surface area contributed by atoms with Gasteiger partial charge in [-0.1, -0.05) is 52.7 Å². The lowest BCUT2D eigenvalue weighted by Crippen LogP contribution is -2.50. The van der Waals surface area contributed by atoms with E-state index in [1.807, 2.05) is 19.1 Å². The van der Waals surface area contributed by atoms with Gasteiger partial charge in [0.2, 0.25) is 0 Å². The SMILES string of the molecule is CC1=C(C)C[C@@](C=O)(OC(=O)c2ccc(O[Si](C(C)C)(C(C)C)C(C)C)cc2)CC1. The van der Waals surface area contributed by atoms with Crippen LogP contribution in [0, 0.1) is 0 Å². The fourth-order valence-corrected chi connectivity index (χ4v) is 10.2. The van der Waals surface area contributed by atoms with Gasteiger partial charge in [-0.15, -0.1) is 0 Å². The summed E-state index contributed by atoms with van der Waals surface area (Å²) >= 11 is 0. The molecule has 4 nitrogen and oxygen atoms in total. The summed E-state index contributed by atoms with van der Waals surface area (Å²) < 4.78 is 12.4. The first-order valence-corrected chi connectivity index (χ1v) is 13.3. The summed E-state index contributed by atoms with van der Waals surface area (Å²) in [6, 6.07) is 7.20. The van der Waals surface area contributed by atoms with Crippen LogP contribution in [0.5, 0.6) is 5.75 Å². The van der Waals surface area contributed by atoms with Crippen molar-refractivity contribution in [3.63, 3.8) is 0 Å². The largest absolute Gasteiger partial charge is 0.543 e. The van der Waals surface area contributed by atoms with E-state index >= 15 is 0 Å². The van der Waals surface area contributed by atoms with Crippen molar-refractivity contribution in [2.75, 3.05) is 0 Å². The third-order valence-corrected chi connectivity index (χ3v) is 12.8. The summed E-state index contributed by atoms with van der Waals surface area (Å²) in [5.74, 6) is 0.340. The molecule has 0 aromatic heterocycles. The van der Waals surface area contributed by atoms with Gasteiger partial charge in [-0.25, -0.2) is 4.79 Å². The number of hydrogen-bond donors (Lipinski definition) is 0. The molecule has 0 unspecified atom stereocenters. The number of benzene rings is 1. The Labute approximate surface area is 183 Å². The van der Waals surface area contributed by atoms with Crippen molar-refractivity contribution in [2.45, 2.75) is 96.9 Å². The standard InChI is InChI=1S/C25H38O4Si/c1-17(2)30(18(3)4,19(5)6)29-23-11-9-22(10-12-23)24(27)28-25(16-26)14-13-20(7)21(8)15-25/h9-12,16-19H,13-15H2,1-8H3/t25-/m0/s1. The molecule has 0 heterocycles. The van der Waals surface area contributed by atoms with Gasteiger partial charge in [0.25, 0.3) is 8.32 Å². The number of carbonyl (C=O) groups excluding carboxylic acids is 2. The van der Waals surface area contributed by atoms with E-state index in [-0.39, 0.29) is 0 Å². The van der Waals surface area contributed by atoms with Gasteiger partial charge in [-0.05, 0) is 67.6 Å². The average molecular weight is 431 g/mol. The van der Waals surface area contributed by atoms with E-state index in [9.17, 15) is 9.59 Å². The van der Waals surface area contributed by atoms with Gasteiger partial charge in [0.15, 0.2) is 11.9 Å². The summed E-state index contributed by atoms with van der Waals surface area (Å²) in [7, 11) is -2.05. The Morgan fingerprint density at radius 2 is 1.50 bits per heavy atom. The summed E-state index contributed by atoms with van der Waals surface area (Å²) in [5.41, 5.74) is 3.21. The minimum atomic E-state index is -2.05. The molecule has 1 aromatic rings. The van der Waals surface area contributed by atoms with Crippen LogP contribution in [-0.4, -0.2) is 26.2 Å². The highest BCUT2D eigenvalue weighted by atomic mass is 28.4. The highest BCUT2D eigenvalue weighted by molar-refractivity contribution is 6.78. The Morgan fingerprint density at radius 1 is 0.967 bits per heavy atom. The molecule has 0 saturated heterocycles. The van der Waals surface area contributed by atoms with E-state index < -0.39 is 19.9 Å². The van der Waals surface area contributed by atoms with Crippen molar-refractivity contribution in [1.82, 2.24) is 0 Å². The Bertz CT molecular complexity index is 770. The van der Waals surface area contributed by atoms with Crippen molar-refractivity contribution in [3.05, 3.63) is 41.0 Å². The molecule has 1 aliphatic rings. The van der Waals surface area contributed by atoms with Gasteiger partial charge in [0, 0.05) is 6.42 Å². The molecule has 2 rings (SSSR count). The van der Waals surface area contributed by atoms with E-state index in [1.54, 1.807) is 12.1 Å². The molecule has 0 spiro atoms. The minimum Gasteiger partial charge on any atom is -0.543 e. The van der Waals surface area contributed by atoms with Crippen LogP contribution in [0.3, 0.4) is 0 Å². The van der Waals surface area contributed by atoms with Crippen LogP contribution >= 0.6 is 0 Å². The monoisotopic (exact) mass is 430 g/mol. The van der Waals surface area contributed by atoms with Gasteiger partial charge in [-0.2, -0.15) is 0 Å². The number of carbonyl (C=O) groups is 2. The zero-order valence-corrected chi connectivity index (χ0v) is 20.9.